The molecular weight excluding hydrogens is 256 g/mol. The van der Waals surface area contributed by atoms with Crippen LogP contribution in [0.2, 0.25) is 0 Å². The smallest absolute Gasteiger partial charge is 0.331 e. The third-order valence-corrected chi connectivity index (χ3v) is 3.52. The number of ether oxygens (including phenoxy) is 1. The van der Waals surface area contributed by atoms with E-state index in [2.05, 4.69) is 10.6 Å². The zero-order chi connectivity index (χ0) is 13.0. The quantitative estimate of drug-likeness (QED) is 0.715. The highest BCUT2D eigenvalue weighted by atomic mass is 32.1. The van der Waals surface area contributed by atoms with E-state index >= 15 is 0 Å². The van der Waals surface area contributed by atoms with Gasteiger partial charge in [0.25, 0.3) is 5.91 Å². The lowest BCUT2D eigenvalue weighted by Gasteiger charge is -2.24. The first-order valence-corrected chi connectivity index (χ1v) is 6.45. The van der Waals surface area contributed by atoms with E-state index in [-0.39, 0.29) is 0 Å². The number of carboxylic acid groups (broad SMARTS) is 1. The molecule has 98 valence electrons. The monoisotopic (exact) mass is 270 g/mol. The maximum Gasteiger partial charge on any atom is 0.331 e. The largest absolute Gasteiger partial charge is 0.479 e. The minimum Gasteiger partial charge on any atom is -0.479 e. The molecule has 1 saturated heterocycles. The van der Waals surface area contributed by atoms with Crippen LogP contribution in [0.4, 0.5) is 0 Å². The Morgan fingerprint density at radius 3 is 3.00 bits per heavy atom. The molecule has 3 N–H and O–H groups in total. The maximum absolute atomic E-state index is 11.9. The Balaban J connectivity index is 2.00. The Morgan fingerprint density at radius 2 is 2.44 bits per heavy atom. The maximum atomic E-state index is 11.9. The van der Waals surface area contributed by atoms with Crippen LogP contribution in [0.3, 0.4) is 0 Å². The van der Waals surface area contributed by atoms with Gasteiger partial charge in [-0.3, -0.25) is 4.79 Å². The third kappa shape index (κ3) is 3.06. The molecule has 18 heavy (non-hydrogen) atoms. The Hall–Kier alpha value is -1.44. The molecule has 1 aliphatic rings. The Morgan fingerprint density at radius 1 is 1.61 bits per heavy atom. The second-order valence-electron chi connectivity index (χ2n) is 3.86. The number of aliphatic carboxylic acids is 1. The molecule has 0 bridgehead atoms. The van der Waals surface area contributed by atoms with Crippen LogP contribution in [0.15, 0.2) is 17.5 Å². The molecule has 1 aromatic rings. The van der Waals surface area contributed by atoms with Gasteiger partial charge in [0.1, 0.15) is 6.10 Å². The number of hydrogen-bond donors (Lipinski definition) is 3. The van der Waals surface area contributed by atoms with Crippen LogP contribution in [0.1, 0.15) is 10.9 Å². The zero-order valence-electron chi connectivity index (χ0n) is 9.59. The lowest BCUT2D eigenvalue weighted by Crippen LogP contribution is -2.49. The highest BCUT2D eigenvalue weighted by molar-refractivity contribution is 7.10. The Bertz CT molecular complexity index is 415. The number of carboxylic acids is 1. The molecule has 2 heterocycles. The highest BCUT2D eigenvalue weighted by Crippen LogP contribution is 2.19. The van der Waals surface area contributed by atoms with Gasteiger partial charge in [0, 0.05) is 18.0 Å². The molecule has 0 aliphatic carbocycles. The van der Waals surface area contributed by atoms with E-state index in [1.165, 1.54) is 11.3 Å². The van der Waals surface area contributed by atoms with Crippen LogP contribution in [-0.2, 0) is 14.3 Å². The number of carbonyl (C=O) groups excluding carboxylic acids is 1. The molecule has 1 amide bonds. The molecule has 0 aromatic carbocycles. The summed E-state index contributed by atoms with van der Waals surface area (Å²) in [5, 5.41) is 16.4. The summed E-state index contributed by atoms with van der Waals surface area (Å²) in [6.07, 6.45) is -0.624. The van der Waals surface area contributed by atoms with Gasteiger partial charge < -0.3 is 20.5 Å². The van der Waals surface area contributed by atoms with Crippen molar-refractivity contribution in [1.29, 1.82) is 0 Å². The fourth-order valence-electron chi connectivity index (χ4n) is 1.68. The molecule has 2 rings (SSSR count). The van der Waals surface area contributed by atoms with Crippen molar-refractivity contribution < 1.29 is 19.4 Å². The van der Waals surface area contributed by atoms with Gasteiger partial charge in [0.05, 0.1) is 6.61 Å². The van der Waals surface area contributed by atoms with Crippen LogP contribution in [0.25, 0.3) is 0 Å². The lowest BCUT2D eigenvalue weighted by molar-refractivity contribution is -0.145. The molecule has 0 saturated carbocycles. The van der Waals surface area contributed by atoms with Gasteiger partial charge in [-0.15, -0.1) is 11.3 Å². The van der Waals surface area contributed by atoms with Crippen molar-refractivity contribution in [2.45, 2.75) is 12.1 Å². The summed E-state index contributed by atoms with van der Waals surface area (Å²) >= 11 is 1.30. The van der Waals surface area contributed by atoms with E-state index in [0.29, 0.717) is 24.6 Å². The first-order chi connectivity index (χ1) is 8.68. The Labute approximate surface area is 108 Å². The standard InChI is InChI=1S/C11H14N2O4S/c14-10(7-6-12-3-4-17-7)13-9(11(15)16)8-2-1-5-18-8/h1-2,5,7,9,12H,3-4,6H2,(H,13,14)(H,15,16). The van der Waals surface area contributed by atoms with Crippen molar-refractivity contribution in [2.75, 3.05) is 19.7 Å². The average Bonchev–Trinajstić information content (AvgIpc) is 2.90. The van der Waals surface area contributed by atoms with Gasteiger partial charge in [-0.25, -0.2) is 4.79 Å². The van der Waals surface area contributed by atoms with Crippen molar-refractivity contribution in [3.63, 3.8) is 0 Å². The van der Waals surface area contributed by atoms with Gasteiger partial charge in [0.15, 0.2) is 6.04 Å². The normalized spacial score (nSPS) is 21.2. The molecule has 1 fully saturated rings. The van der Waals surface area contributed by atoms with Crippen molar-refractivity contribution in [3.05, 3.63) is 22.4 Å². The second kappa shape index (κ2) is 5.94. The van der Waals surface area contributed by atoms with Crippen molar-refractivity contribution in [3.8, 4) is 0 Å². The molecule has 2 atom stereocenters. The first-order valence-electron chi connectivity index (χ1n) is 5.57. The SMILES string of the molecule is O=C(NC(C(=O)O)c1cccs1)C1CNCCO1. The molecule has 6 nitrogen and oxygen atoms in total. The molecule has 1 aliphatic heterocycles. The molecule has 0 spiro atoms. The van der Waals surface area contributed by atoms with Gasteiger partial charge in [-0.05, 0) is 11.4 Å². The molecule has 1 aromatic heterocycles. The van der Waals surface area contributed by atoms with E-state index in [1.807, 2.05) is 0 Å². The number of thiophene rings is 1. The fourth-order valence-corrected chi connectivity index (χ4v) is 2.45. The average molecular weight is 270 g/mol. The molecule has 0 radical (unpaired) electrons. The van der Waals surface area contributed by atoms with Crippen LogP contribution in [0.5, 0.6) is 0 Å². The fraction of sp³-hybridized carbons (Fsp3) is 0.455. The summed E-state index contributed by atoms with van der Waals surface area (Å²) in [5.41, 5.74) is 0. The molecular formula is C11H14N2O4S. The minimum absolute atomic E-state index is 0.400. The summed E-state index contributed by atoms with van der Waals surface area (Å²) < 4.78 is 5.27. The summed E-state index contributed by atoms with van der Waals surface area (Å²) in [6.45, 7) is 1.56. The number of morpholine rings is 1. The van der Waals surface area contributed by atoms with Gasteiger partial charge in [0.2, 0.25) is 0 Å². The van der Waals surface area contributed by atoms with Crippen molar-refractivity contribution in [2.24, 2.45) is 0 Å². The van der Waals surface area contributed by atoms with Crippen LogP contribution in [0, 0.1) is 0 Å². The zero-order valence-corrected chi connectivity index (χ0v) is 10.4. The Kier molecular flexibility index (Phi) is 4.29. The van der Waals surface area contributed by atoms with Crippen LogP contribution in [-0.4, -0.2) is 42.8 Å². The summed E-state index contributed by atoms with van der Waals surface area (Å²) in [5.74, 6) is -1.47. The highest BCUT2D eigenvalue weighted by Gasteiger charge is 2.28. The van der Waals surface area contributed by atoms with E-state index in [9.17, 15) is 9.59 Å². The minimum atomic E-state index is -1.07. The van der Waals surface area contributed by atoms with Gasteiger partial charge >= 0.3 is 5.97 Å². The number of carbonyl (C=O) groups is 2. The van der Waals surface area contributed by atoms with Gasteiger partial charge in [-0.2, -0.15) is 0 Å². The van der Waals surface area contributed by atoms with Gasteiger partial charge in [-0.1, -0.05) is 6.07 Å². The van der Waals surface area contributed by atoms with E-state index in [4.69, 9.17) is 9.84 Å². The number of rotatable bonds is 4. The number of hydrogen-bond acceptors (Lipinski definition) is 5. The topological polar surface area (TPSA) is 87.7 Å². The lowest BCUT2D eigenvalue weighted by atomic mass is 10.2. The third-order valence-electron chi connectivity index (χ3n) is 2.58. The molecule has 7 heteroatoms. The number of amides is 1. The first kappa shape index (κ1) is 13.0. The van der Waals surface area contributed by atoms with E-state index in [1.54, 1.807) is 17.5 Å². The van der Waals surface area contributed by atoms with E-state index < -0.39 is 24.0 Å². The predicted molar refractivity (Wildman–Crippen MR) is 65.4 cm³/mol. The second-order valence-corrected chi connectivity index (χ2v) is 4.84. The van der Waals surface area contributed by atoms with E-state index in [0.717, 1.165) is 0 Å². The van der Waals surface area contributed by atoms with Crippen molar-refractivity contribution >= 4 is 23.2 Å². The number of nitrogens with one attached hydrogen (secondary N) is 2. The van der Waals surface area contributed by atoms with Crippen molar-refractivity contribution in [1.82, 2.24) is 10.6 Å². The summed E-state index contributed by atoms with van der Waals surface area (Å²) in [6, 6.07) is 2.42. The predicted octanol–water partition coefficient (Wildman–Crippen LogP) is -0.0216. The summed E-state index contributed by atoms with van der Waals surface area (Å²) in [4.78, 5) is 23.6. The summed E-state index contributed by atoms with van der Waals surface area (Å²) in [7, 11) is 0. The van der Waals surface area contributed by atoms with Crippen LogP contribution < -0.4 is 10.6 Å². The molecule has 2 unspecified atom stereocenters. The van der Waals surface area contributed by atoms with Crippen LogP contribution >= 0.6 is 11.3 Å².